The van der Waals surface area contributed by atoms with Crippen molar-refractivity contribution >= 4 is 15.9 Å². The predicted octanol–water partition coefficient (Wildman–Crippen LogP) is 1.00. The molecule has 1 aliphatic rings. The summed E-state index contributed by atoms with van der Waals surface area (Å²) in [6, 6.07) is 6.86. The Morgan fingerprint density at radius 2 is 1.88 bits per heavy atom. The molecule has 2 rings (SSSR count). The van der Waals surface area contributed by atoms with E-state index in [0.29, 0.717) is 25.4 Å². The number of sulfonamides is 1. The van der Waals surface area contributed by atoms with Crippen molar-refractivity contribution in [1.29, 1.82) is 0 Å². The zero-order valence-corrected chi connectivity index (χ0v) is 14.8. The van der Waals surface area contributed by atoms with Crippen molar-refractivity contribution in [2.24, 2.45) is 0 Å². The molecule has 0 bridgehead atoms. The topological polar surface area (TPSA) is 84.9 Å². The van der Waals surface area contributed by atoms with Crippen molar-refractivity contribution in [2.45, 2.75) is 25.8 Å². The largest absolute Gasteiger partial charge is 0.494 e. The first-order valence-electron chi connectivity index (χ1n) is 7.98. The minimum Gasteiger partial charge on any atom is -0.494 e. The molecule has 1 fully saturated rings. The van der Waals surface area contributed by atoms with Crippen LogP contribution in [0, 0.1) is 0 Å². The second kappa shape index (κ2) is 8.34. The number of carbonyl (C=O) groups is 1. The lowest BCUT2D eigenvalue weighted by molar-refractivity contribution is -0.124. The molecule has 0 radical (unpaired) electrons. The molecular weight excluding hydrogens is 332 g/mol. The van der Waals surface area contributed by atoms with E-state index in [2.05, 4.69) is 5.32 Å². The highest BCUT2D eigenvalue weighted by Crippen LogP contribution is 2.17. The standard InChI is InChI=1S/C16H24N2O5S/c1-3-22-14-6-8-15(9-7-14)23-12-16(19)17-13-5-4-10-18(11-13)24(2,20)21/h6-9,13H,3-5,10-12H2,1-2H3,(H,17,19). The van der Waals surface area contributed by atoms with Gasteiger partial charge < -0.3 is 14.8 Å². The number of rotatable bonds is 7. The molecule has 1 aromatic rings. The Morgan fingerprint density at radius 3 is 2.46 bits per heavy atom. The van der Waals surface area contributed by atoms with Crippen molar-refractivity contribution in [3.63, 3.8) is 0 Å². The Kier molecular flexibility index (Phi) is 6.44. The molecule has 8 heteroatoms. The molecule has 1 saturated heterocycles. The van der Waals surface area contributed by atoms with Crippen LogP contribution < -0.4 is 14.8 Å². The predicted molar refractivity (Wildman–Crippen MR) is 90.7 cm³/mol. The van der Waals surface area contributed by atoms with Gasteiger partial charge >= 0.3 is 0 Å². The first kappa shape index (κ1) is 18.5. The van der Waals surface area contributed by atoms with Crippen LogP contribution in [0.3, 0.4) is 0 Å². The highest BCUT2D eigenvalue weighted by Gasteiger charge is 2.26. The maximum absolute atomic E-state index is 12.0. The van der Waals surface area contributed by atoms with E-state index in [-0.39, 0.29) is 18.6 Å². The van der Waals surface area contributed by atoms with Gasteiger partial charge in [-0.15, -0.1) is 0 Å². The second-order valence-corrected chi connectivity index (χ2v) is 7.70. The van der Waals surface area contributed by atoms with Crippen LogP contribution in [0.5, 0.6) is 11.5 Å². The number of hydrogen-bond donors (Lipinski definition) is 1. The SMILES string of the molecule is CCOc1ccc(OCC(=O)NC2CCCN(S(C)(=O)=O)C2)cc1. The Bertz CT molecular complexity index is 645. The van der Waals surface area contributed by atoms with Gasteiger partial charge in [0.15, 0.2) is 6.61 Å². The number of benzene rings is 1. The normalized spacial score (nSPS) is 18.8. The zero-order valence-electron chi connectivity index (χ0n) is 14.0. The fraction of sp³-hybridized carbons (Fsp3) is 0.562. The Hall–Kier alpha value is -1.80. The summed E-state index contributed by atoms with van der Waals surface area (Å²) in [6.45, 7) is 3.21. The summed E-state index contributed by atoms with van der Waals surface area (Å²) in [5, 5.41) is 2.83. The second-order valence-electron chi connectivity index (χ2n) is 5.72. The molecule has 7 nitrogen and oxygen atoms in total. The lowest BCUT2D eigenvalue weighted by Gasteiger charge is -2.31. The van der Waals surface area contributed by atoms with Gasteiger partial charge in [0.2, 0.25) is 10.0 Å². The number of piperidine rings is 1. The third kappa shape index (κ3) is 5.68. The first-order valence-corrected chi connectivity index (χ1v) is 9.83. The molecule has 24 heavy (non-hydrogen) atoms. The van der Waals surface area contributed by atoms with Gasteiger partial charge in [-0.3, -0.25) is 4.79 Å². The van der Waals surface area contributed by atoms with E-state index >= 15 is 0 Å². The van der Waals surface area contributed by atoms with Gasteiger partial charge in [-0.25, -0.2) is 12.7 Å². The average Bonchev–Trinajstić information content (AvgIpc) is 2.54. The summed E-state index contributed by atoms with van der Waals surface area (Å²) >= 11 is 0. The molecule has 1 N–H and O–H groups in total. The van der Waals surface area contributed by atoms with E-state index in [1.54, 1.807) is 24.3 Å². The third-order valence-corrected chi connectivity index (χ3v) is 4.99. The highest BCUT2D eigenvalue weighted by atomic mass is 32.2. The fourth-order valence-electron chi connectivity index (χ4n) is 2.58. The van der Waals surface area contributed by atoms with Crippen molar-refractivity contribution in [1.82, 2.24) is 9.62 Å². The molecule has 0 aromatic heterocycles. The Balaban J connectivity index is 1.78. The van der Waals surface area contributed by atoms with Crippen molar-refractivity contribution in [3.05, 3.63) is 24.3 Å². The summed E-state index contributed by atoms with van der Waals surface area (Å²) in [5.74, 6) is 1.07. The Morgan fingerprint density at radius 1 is 1.25 bits per heavy atom. The average molecular weight is 356 g/mol. The Labute approximate surface area is 143 Å². The molecule has 1 unspecified atom stereocenters. The maximum Gasteiger partial charge on any atom is 0.258 e. The minimum absolute atomic E-state index is 0.108. The summed E-state index contributed by atoms with van der Waals surface area (Å²) < 4.78 is 35.3. The molecular formula is C16H24N2O5S. The molecule has 1 aromatic carbocycles. The first-order chi connectivity index (χ1) is 11.4. The summed E-state index contributed by atoms with van der Waals surface area (Å²) in [7, 11) is -3.22. The highest BCUT2D eigenvalue weighted by molar-refractivity contribution is 7.88. The molecule has 1 heterocycles. The molecule has 0 spiro atoms. The van der Waals surface area contributed by atoms with E-state index in [0.717, 1.165) is 18.6 Å². The summed E-state index contributed by atoms with van der Waals surface area (Å²) in [6.07, 6.45) is 2.69. The van der Waals surface area contributed by atoms with Gasteiger partial charge in [0.05, 0.1) is 12.9 Å². The lowest BCUT2D eigenvalue weighted by Crippen LogP contribution is -2.50. The molecule has 0 saturated carbocycles. The van der Waals surface area contributed by atoms with Crippen molar-refractivity contribution < 1.29 is 22.7 Å². The molecule has 0 aliphatic carbocycles. The molecule has 1 atom stereocenters. The number of hydrogen-bond acceptors (Lipinski definition) is 5. The maximum atomic E-state index is 12.0. The van der Waals surface area contributed by atoms with Crippen LogP contribution in [0.25, 0.3) is 0 Å². The fourth-order valence-corrected chi connectivity index (χ4v) is 3.49. The van der Waals surface area contributed by atoms with E-state index in [4.69, 9.17) is 9.47 Å². The van der Waals surface area contributed by atoms with Crippen LogP contribution in [0.1, 0.15) is 19.8 Å². The van der Waals surface area contributed by atoms with Crippen LogP contribution in [0.4, 0.5) is 0 Å². The third-order valence-electron chi connectivity index (χ3n) is 3.72. The quantitative estimate of drug-likeness (QED) is 0.788. The van der Waals surface area contributed by atoms with Gasteiger partial charge in [-0.05, 0) is 44.0 Å². The zero-order chi connectivity index (χ0) is 17.6. The van der Waals surface area contributed by atoms with Crippen LogP contribution in [0.2, 0.25) is 0 Å². The van der Waals surface area contributed by atoms with Crippen LogP contribution >= 0.6 is 0 Å². The number of ether oxygens (including phenoxy) is 2. The van der Waals surface area contributed by atoms with E-state index in [1.165, 1.54) is 10.6 Å². The number of nitrogens with one attached hydrogen (secondary N) is 1. The molecule has 134 valence electrons. The van der Waals surface area contributed by atoms with Gasteiger partial charge in [-0.1, -0.05) is 0 Å². The smallest absolute Gasteiger partial charge is 0.258 e. The van der Waals surface area contributed by atoms with E-state index in [1.807, 2.05) is 6.92 Å². The van der Waals surface area contributed by atoms with Gasteiger partial charge in [-0.2, -0.15) is 0 Å². The monoisotopic (exact) mass is 356 g/mol. The van der Waals surface area contributed by atoms with Gasteiger partial charge in [0, 0.05) is 19.1 Å². The lowest BCUT2D eigenvalue weighted by atomic mass is 10.1. The molecule has 1 aliphatic heterocycles. The van der Waals surface area contributed by atoms with Crippen LogP contribution in [0.15, 0.2) is 24.3 Å². The molecule has 1 amide bonds. The van der Waals surface area contributed by atoms with Crippen molar-refractivity contribution in [3.8, 4) is 11.5 Å². The van der Waals surface area contributed by atoms with Crippen LogP contribution in [-0.4, -0.2) is 57.2 Å². The number of carbonyl (C=O) groups excluding carboxylic acids is 1. The van der Waals surface area contributed by atoms with Gasteiger partial charge in [0.1, 0.15) is 11.5 Å². The van der Waals surface area contributed by atoms with Crippen molar-refractivity contribution in [2.75, 3.05) is 32.6 Å². The van der Waals surface area contributed by atoms with E-state index in [9.17, 15) is 13.2 Å². The number of amides is 1. The summed E-state index contributed by atoms with van der Waals surface area (Å²) in [4.78, 5) is 12.0. The number of nitrogens with zero attached hydrogens (tertiary/aromatic N) is 1. The van der Waals surface area contributed by atoms with E-state index < -0.39 is 10.0 Å². The summed E-state index contributed by atoms with van der Waals surface area (Å²) in [5.41, 5.74) is 0. The van der Waals surface area contributed by atoms with Crippen LogP contribution in [-0.2, 0) is 14.8 Å². The minimum atomic E-state index is -3.22. The van der Waals surface area contributed by atoms with Gasteiger partial charge in [0.25, 0.3) is 5.91 Å².